The van der Waals surface area contributed by atoms with E-state index >= 15 is 0 Å². The molecule has 0 amide bonds. The number of rotatable bonds is 9. The number of hydrogen-bond donors (Lipinski definition) is 0. The average molecular weight is 353 g/mol. The summed E-state index contributed by atoms with van der Waals surface area (Å²) in [5, 5.41) is 0. The zero-order chi connectivity index (χ0) is 15.4. The molecule has 6 heteroatoms. The summed E-state index contributed by atoms with van der Waals surface area (Å²) in [6.07, 6.45) is 2.42. The molecule has 0 unspecified atom stereocenters. The Morgan fingerprint density at radius 3 is 1.25 bits per heavy atom. The maximum Gasteiger partial charge on any atom is 0.136 e. The van der Waals surface area contributed by atoms with Crippen molar-refractivity contribution >= 4 is 56.6 Å². The molecular weight excluding hydrogens is 324 g/mol. The highest BCUT2D eigenvalue weighted by molar-refractivity contribution is 8.23. The van der Waals surface area contributed by atoms with Crippen molar-refractivity contribution in [2.45, 2.75) is 40.5 Å². The quantitative estimate of drug-likeness (QED) is 0.442. The molecule has 0 saturated carbocycles. The second-order valence-electron chi connectivity index (χ2n) is 4.28. The molecule has 0 aromatic carbocycles. The van der Waals surface area contributed by atoms with Gasteiger partial charge in [-0.05, 0) is 40.5 Å². The van der Waals surface area contributed by atoms with Crippen LogP contribution in [0.25, 0.3) is 0 Å². The summed E-state index contributed by atoms with van der Waals surface area (Å²) in [6.45, 7) is 12.7. The summed E-state index contributed by atoms with van der Waals surface area (Å²) in [6, 6.07) is 0. The number of nitrogens with zero attached hydrogens (tertiary/aromatic N) is 2. The smallest absolute Gasteiger partial charge is 0.136 e. The van der Waals surface area contributed by atoms with Crippen LogP contribution in [0.4, 0.5) is 0 Å². The van der Waals surface area contributed by atoms with E-state index in [0.29, 0.717) is 0 Å². The first kappa shape index (κ1) is 20.5. The van der Waals surface area contributed by atoms with Gasteiger partial charge in [0.05, 0.1) is 0 Å². The van der Waals surface area contributed by atoms with Crippen LogP contribution in [0.2, 0.25) is 0 Å². The van der Waals surface area contributed by atoms with E-state index in [1.807, 2.05) is 23.5 Å². The van der Waals surface area contributed by atoms with E-state index in [0.717, 1.165) is 46.3 Å². The summed E-state index contributed by atoms with van der Waals surface area (Å²) in [5.74, 6) is 2.24. The van der Waals surface area contributed by atoms with Crippen molar-refractivity contribution in [1.29, 1.82) is 0 Å². The molecule has 0 fully saturated rings. The van der Waals surface area contributed by atoms with Crippen molar-refractivity contribution in [2.75, 3.05) is 37.7 Å². The summed E-state index contributed by atoms with van der Waals surface area (Å²) >= 11 is 14.5. The Bertz CT molecular complexity index is 248. The maximum atomic E-state index is 5.42. The number of thioether (sulfide) groups is 2. The lowest BCUT2D eigenvalue weighted by Gasteiger charge is -2.21. The van der Waals surface area contributed by atoms with Crippen LogP contribution < -0.4 is 0 Å². The Balaban J connectivity index is 3.63. The Morgan fingerprint density at radius 2 is 1.00 bits per heavy atom. The minimum absolute atomic E-state index is 1.01. The van der Waals surface area contributed by atoms with Crippen molar-refractivity contribution in [3.63, 3.8) is 0 Å². The van der Waals surface area contributed by atoms with Crippen molar-refractivity contribution in [3.8, 4) is 0 Å². The molecule has 0 bridgehead atoms. The average Bonchev–Trinajstić information content (AvgIpc) is 2.45. The minimum Gasteiger partial charge on any atom is -0.358 e. The van der Waals surface area contributed by atoms with E-state index in [4.69, 9.17) is 24.4 Å². The van der Waals surface area contributed by atoms with Gasteiger partial charge in [0.25, 0.3) is 0 Å². The lowest BCUT2D eigenvalue weighted by molar-refractivity contribution is 0.482. The Morgan fingerprint density at radius 1 is 0.700 bits per heavy atom. The van der Waals surface area contributed by atoms with Crippen molar-refractivity contribution in [2.24, 2.45) is 0 Å². The third kappa shape index (κ3) is 8.70. The molecule has 0 aromatic heterocycles. The summed E-state index contributed by atoms with van der Waals surface area (Å²) in [7, 11) is 0. The van der Waals surface area contributed by atoms with Crippen molar-refractivity contribution in [1.82, 2.24) is 9.80 Å². The molecule has 0 aliphatic carbocycles. The van der Waals surface area contributed by atoms with Gasteiger partial charge in [-0.15, -0.1) is 0 Å². The molecule has 2 nitrogen and oxygen atoms in total. The third-order valence-electron chi connectivity index (χ3n) is 3.03. The molecule has 0 aliphatic rings. The van der Waals surface area contributed by atoms with Gasteiger partial charge in [-0.3, -0.25) is 0 Å². The largest absolute Gasteiger partial charge is 0.358 e. The Labute approximate surface area is 144 Å². The Kier molecular flexibility index (Phi) is 13.5. The van der Waals surface area contributed by atoms with E-state index in [9.17, 15) is 0 Å². The van der Waals surface area contributed by atoms with Gasteiger partial charge in [0.15, 0.2) is 0 Å². The van der Waals surface area contributed by atoms with Gasteiger partial charge >= 0.3 is 0 Å². The number of hydrogen-bond acceptors (Lipinski definition) is 4. The van der Waals surface area contributed by atoms with E-state index in [-0.39, 0.29) is 0 Å². The van der Waals surface area contributed by atoms with Gasteiger partial charge in [-0.1, -0.05) is 48.0 Å². The second-order valence-corrected chi connectivity index (χ2v) is 7.74. The first-order chi connectivity index (χ1) is 9.60. The summed E-state index contributed by atoms with van der Waals surface area (Å²) in [4.78, 5) is 4.48. The topological polar surface area (TPSA) is 6.48 Å². The molecule has 0 rings (SSSR count). The van der Waals surface area contributed by atoms with Crippen LogP contribution in [0.1, 0.15) is 40.5 Å². The highest BCUT2D eigenvalue weighted by atomic mass is 32.2. The zero-order valence-electron chi connectivity index (χ0n) is 13.2. The van der Waals surface area contributed by atoms with Crippen LogP contribution in [0.15, 0.2) is 0 Å². The van der Waals surface area contributed by atoms with E-state index in [2.05, 4.69) is 37.5 Å². The first-order valence-corrected chi connectivity index (χ1v) is 10.2. The fourth-order valence-corrected chi connectivity index (χ4v) is 4.61. The highest BCUT2D eigenvalue weighted by Gasteiger charge is 2.07. The van der Waals surface area contributed by atoms with Gasteiger partial charge in [-0.2, -0.15) is 0 Å². The van der Waals surface area contributed by atoms with Gasteiger partial charge in [0.1, 0.15) is 8.64 Å². The van der Waals surface area contributed by atoms with Crippen LogP contribution in [0.3, 0.4) is 0 Å². The third-order valence-corrected chi connectivity index (χ3v) is 6.25. The molecule has 0 heterocycles. The van der Waals surface area contributed by atoms with Gasteiger partial charge in [0.2, 0.25) is 0 Å². The number of unbranched alkanes of at least 4 members (excludes halogenated alkanes) is 1. The lowest BCUT2D eigenvalue weighted by atomic mass is 10.4. The molecule has 0 spiro atoms. The predicted molar refractivity (Wildman–Crippen MR) is 105 cm³/mol. The Hall–Kier alpha value is 0.480. The molecule has 0 N–H and O–H groups in total. The molecule has 118 valence electrons. The first-order valence-electron chi connectivity index (χ1n) is 7.43. The molecule has 0 radical (unpaired) electrons. The van der Waals surface area contributed by atoms with Crippen LogP contribution in [-0.2, 0) is 0 Å². The maximum absolute atomic E-state index is 5.42. The molecule has 0 saturated heterocycles. The van der Waals surface area contributed by atoms with Crippen LogP contribution >= 0.6 is 48.0 Å². The highest BCUT2D eigenvalue weighted by Crippen LogP contribution is 2.15. The van der Waals surface area contributed by atoms with E-state index in [1.165, 1.54) is 12.8 Å². The SMILES string of the molecule is CCN(CC)C(=S)SCCCCSC(=S)N(CC)CC. The summed E-state index contributed by atoms with van der Waals surface area (Å²) in [5.41, 5.74) is 0. The standard InChI is InChI=1S/C14H28N2S4/c1-5-15(6-2)13(17)19-11-9-10-12-20-14(18)16(7-3)8-4/h5-12H2,1-4H3. The van der Waals surface area contributed by atoms with Crippen LogP contribution in [0.5, 0.6) is 0 Å². The fourth-order valence-electron chi connectivity index (χ4n) is 1.67. The molecule has 0 atom stereocenters. The van der Waals surface area contributed by atoms with Crippen molar-refractivity contribution < 1.29 is 0 Å². The second kappa shape index (κ2) is 13.2. The van der Waals surface area contributed by atoms with Gasteiger partial charge < -0.3 is 9.80 Å². The van der Waals surface area contributed by atoms with Gasteiger partial charge in [-0.25, -0.2) is 0 Å². The predicted octanol–water partition coefficient (Wildman–Crippen LogP) is 4.49. The molecular formula is C14H28N2S4. The molecule has 20 heavy (non-hydrogen) atoms. The number of thiocarbonyl (C=S) groups is 2. The normalized spacial score (nSPS) is 10.4. The molecule has 0 aromatic rings. The van der Waals surface area contributed by atoms with Crippen LogP contribution in [-0.4, -0.2) is 56.1 Å². The summed E-state index contributed by atoms with van der Waals surface area (Å²) < 4.78 is 2.09. The molecule has 0 aliphatic heterocycles. The fraction of sp³-hybridized carbons (Fsp3) is 0.857. The zero-order valence-corrected chi connectivity index (χ0v) is 16.5. The monoisotopic (exact) mass is 352 g/mol. The minimum atomic E-state index is 1.01. The van der Waals surface area contributed by atoms with E-state index in [1.54, 1.807) is 0 Å². The van der Waals surface area contributed by atoms with E-state index < -0.39 is 0 Å². The van der Waals surface area contributed by atoms with Crippen molar-refractivity contribution in [3.05, 3.63) is 0 Å². The van der Waals surface area contributed by atoms with Gasteiger partial charge in [0, 0.05) is 37.7 Å². The van der Waals surface area contributed by atoms with Crippen LogP contribution in [0, 0.1) is 0 Å². The lowest BCUT2D eigenvalue weighted by Crippen LogP contribution is -2.27.